The normalized spacial score (nSPS) is 11.0. The van der Waals surface area contributed by atoms with Crippen LogP contribution in [-0.2, 0) is 13.0 Å². The number of pyridine rings is 1. The highest BCUT2D eigenvalue weighted by Crippen LogP contribution is 2.15. The SMILES string of the molecule is CCc1cccc(C)c1CNNC(=O)c1ccc2nc(C)c(C)n2c1. The van der Waals surface area contributed by atoms with Crippen molar-refractivity contribution in [2.45, 2.75) is 40.7 Å². The molecule has 2 aromatic heterocycles. The highest BCUT2D eigenvalue weighted by molar-refractivity contribution is 5.93. The second kappa shape index (κ2) is 7.07. The zero-order valence-corrected chi connectivity index (χ0v) is 15.2. The Kier molecular flexibility index (Phi) is 4.86. The van der Waals surface area contributed by atoms with Crippen LogP contribution in [-0.4, -0.2) is 15.3 Å². The lowest BCUT2D eigenvalue weighted by Gasteiger charge is -2.13. The molecule has 5 heteroatoms. The van der Waals surface area contributed by atoms with E-state index >= 15 is 0 Å². The number of rotatable bonds is 5. The predicted octanol–water partition coefficient (Wildman–Crippen LogP) is 3.26. The zero-order chi connectivity index (χ0) is 18.0. The minimum atomic E-state index is -0.153. The van der Waals surface area contributed by atoms with Crippen LogP contribution < -0.4 is 10.9 Å². The molecule has 0 saturated carbocycles. The van der Waals surface area contributed by atoms with Gasteiger partial charge in [-0.15, -0.1) is 0 Å². The van der Waals surface area contributed by atoms with Crippen LogP contribution in [0.2, 0.25) is 0 Å². The van der Waals surface area contributed by atoms with E-state index in [2.05, 4.69) is 47.9 Å². The summed E-state index contributed by atoms with van der Waals surface area (Å²) >= 11 is 0. The maximum absolute atomic E-state index is 12.4. The number of aromatic nitrogens is 2. The van der Waals surface area contributed by atoms with Crippen molar-refractivity contribution in [3.63, 3.8) is 0 Å². The molecular formula is C20H24N4O. The lowest BCUT2D eigenvalue weighted by Crippen LogP contribution is -2.37. The maximum Gasteiger partial charge on any atom is 0.266 e. The van der Waals surface area contributed by atoms with Gasteiger partial charge in [-0.3, -0.25) is 10.2 Å². The topological polar surface area (TPSA) is 58.4 Å². The van der Waals surface area contributed by atoms with Crippen molar-refractivity contribution in [2.24, 2.45) is 0 Å². The van der Waals surface area contributed by atoms with Gasteiger partial charge in [0.1, 0.15) is 5.65 Å². The maximum atomic E-state index is 12.4. The highest BCUT2D eigenvalue weighted by Gasteiger charge is 2.10. The average molecular weight is 336 g/mol. The second-order valence-electron chi connectivity index (χ2n) is 6.30. The smallest absolute Gasteiger partial charge is 0.266 e. The highest BCUT2D eigenvalue weighted by atomic mass is 16.2. The van der Waals surface area contributed by atoms with Gasteiger partial charge in [0.05, 0.1) is 11.3 Å². The van der Waals surface area contributed by atoms with Crippen LogP contribution in [0.25, 0.3) is 5.65 Å². The third-order valence-corrected chi connectivity index (χ3v) is 4.71. The molecule has 0 aliphatic carbocycles. The Hall–Kier alpha value is -2.66. The summed E-state index contributed by atoms with van der Waals surface area (Å²) in [5, 5.41) is 0. The molecule has 0 aliphatic heterocycles. The van der Waals surface area contributed by atoms with Crippen LogP contribution in [0.4, 0.5) is 0 Å². The van der Waals surface area contributed by atoms with Crippen molar-refractivity contribution in [3.8, 4) is 0 Å². The number of carbonyl (C=O) groups excluding carboxylic acids is 1. The number of hydrazine groups is 1. The van der Waals surface area contributed by atoms with Crippen molar-refractivity contribution in [2.75, 3.05) is 0 Å². The molecule has 0 aliphatic rings. The van der Waals surface area contributed by atoms with Gasteiger partial charge in [-0.05, 0) is 56.0 Å². The van der Waals surface area contributed by atoms with E-state index in [0.29, 0.717) is 12.1 Å². The number of fused-ring (bicyclic) bond motifs is 1. The molecular weight excluding hydrogens is 312 g/mol. The van der Waals surface area contributed by atoms with E-state index in [1.54, 1.807) is 6.07 Å². The third kappa shape index (κ3) is 3.42. The number of nitrogens with zero attached hydrogens (tertiary/aromatic N) is 2. The molecule has 25 heavy (non-hydrogen) atoms. The number of aryl methyl sites for hydroxylation is 4. The van der Waals surface area contributed by atoms with Gasteiger partial charge in [-0.2, -0.15) is 0 Å². The standard InChI is InChI=1S/C20H24N4O/c1-5-16-8-6-7-13(2)18(16)11-21-23-20(25)17-9-10-19-22-14(3)15(4)24(19)12-17/h6-10,12,21H,5,11H2,1-4H3,(H,23,25). The van der Waals surface area contributed by atoms with Gasteiger partial charge in [0.25, 0.3) is 5.91 Å². The molecule has 5 nitrogen and oxygen atoms in total. The van der Waals surface area contributed by atoms with Crippen LogP contribution >= 0.6 is 0 Å². The largest absolute Gasteiger partial charge is 0.303 e. The monoisotopic (exact) mass is 336 g/mol. The van der Waals surface area contributed by atoms with Gasteiger partial charge in [0.15, 0.2) is 0 Å². The van der Waals surface area contributed by atoms with Crippen molar-refractivity contribution in [3.05, 3.63) is 70.2 Å². The van der Waals surface area contributed by atoms with Crippen molar-refractivity contribution < 1.29 is 4.79 Å². The average Bonchev–Trinajstić information content (AvgIpc) is 2.90. The number of hydrogen-bond acceptors (Lipinski definition) is 3. The van der Waals surface area contributed by atoms with E-state index in [1.807, 2.05) is 30.5 Å². The molecule has 1 amide bonds. The Bertz CT molecular complexity index is 927. The van der Waals surface area contributed by atoms with Gasteiger partial charge in [0.2, 0.25) is 0 Å². The Morgan fingerprint density at radius 2 is 1.96 bits per heavy atom. The number of carbonyl (C=O) groups is 1. The zero-order valence-electron chi connectivity index (χ0n) is 15.2. The summed E-state index contributed by atoms with van der Waals surface area (Å²) in [5.41, 5.74) is 13.1. The van der Waals surface area contributed by atoms with Gasteiger partial charge in [-0.25, -0.2) is 10.4 Å². The van der Waals surface area contributed by atoms with Crippen LogP contribution in [0.3, 0.4) is 0 Å². The molecule has 0 saturated heterocycles. The fourth-order valence-electron chi connectivity index (χ4n) is 3.05. The minimum absolute atomic E-state index is 0.153. The van der Waals surface area contributed by atoms with Crippen molar-refractivity contribution >= 4 is 11.6 Å². The van der Waals surface area contributed by atoms with Crippen LogP contribution in [0.5, 0.6) is 0 Å². The number of hydrogen-bond donors (Lipinski definition) is 2. The van der Waals surface area contributed by atoms with E-state index in [0.717, 1.165) is 23.5 Å². The fourth-order valence-corrected chi connectivity index (χ4v) is 3.05. The Labute approximate surface area is 148 Å². The van der Waals surface area contributed by atoms with Crippen LogP contribution in [0.1, 0.15) is 45.4 Å². The summed E-state index contributed by atoms with van der Waals surface area (Å²) in [6, 6.07) is 9.95. The fraction of sp³-hybridized carbons (Fsp3) is 0.300. The Morgan fingerprint density at radius 1 is 1.16 bits per heavy atom. The van der Waals surface area contributed by atoms with E-state index < -0.39 is 0 Å². The first kappa shape index (κ1) is 17.2. The Balaban J connectivity index is 1.70. The molecule has 3 rings (SSSR count). The van der Waals surface area contributed by atoms with Gasteiger partial charge in [-0.1, -0.05) is 25.1 Å². The lowest BCUT2D eigenvalue weighted by atomic mass is 10.0. The number of nitrogens with one attached hydrogen (secondary N) is 2. The summed E-state index contributed by atoms with van der Waals surface area (Å²) in [6.45, 7) is 8.81. The minimum Gasteiger partial charge on any atom is -0.303 e. The molecule has 0 unspecified atom stereocenters. The molecule has 2 heterocycles. The van der Waals surface area contributed by atoms with Crippen molar-refractivity contribution in [1.29, 1.82) is 0 Å². The van der Waals surface area contributed by atoms with Crippen molar-refractivity contribution in [1.82, 2.24) is 20.2 Å². The van der Waals surface area contributed by atoms with E-state index in [-0.39, 0.29) is 5.91 Å². The van der Waals surface area contributed by atoms with E-state index in [9.17, 15) is 4.79 Å². The van der Waals surface area contributed by atoms with Gasteiger partial charge >= 0.3 is 0 Å². The summed E-state index contributed by atoms with van der Waals surface area (Å²) in [5.74, 6) is -0.153. The third-order valence-electron chi connectivity index (χ3n) is 4.71. The number of benzene rings is 1. The summed E-state index contributed by atoms with van der Waals surface area (Å²) in [4.78, 5) is 16.9. The molecule has 0 bridgehead atoms. The first-order valence-corrected chi connectivity index (χ1v) is 8.57. The molecule has 2 N–H and O–H groups in total. The molecule has 0 atom stereocenters. The second-order valence-corrected chi connectivity index (χ2v) is 6.30. The summed E-state index contributed by atoms with van der Waals surface area (Å²) in [6.07, 6.45) is 2.80. The Morgan fingerprint density at radius 3 is 2.72 bits per heavy atom. The number of amides is 1. The van der Waals surface area contributed by atoms with Crippen LogP contribution in [0.15, 0.2) is 36.5 Å². The van der Waals surface area contributed by atoms with Gasteiger partial charge < -0.3 is 4.40 Å². The molecule has 0 radical (unpaired) electrons. The molecule has 0 fully saturated rings. The molecule has 1 aromatic carbocycles. The summed E-state index contributed by atoms with van der Waals surface area (Å²) < 4.78 is 1.95. The quantitative estimate of drug-likeness (QED) is 0.703. The first-order valence-electron chi connectivity index (χ1n) is 8.57. The van der Waals surface area contributed by atoms with E-state index in [4.69, 9.17) is 0 Å². The predicted molar refractivity (Wildman–Crippen MR) is 99.5 cm³/mol. The first-order chi connectivity index (χ1) is 12.0. The summed E-state index contributed by atoms with van der Waals surface area (Å²) in [7, 11) is 0. The number of imidazole rings is 1. The lowest BCUT2D eigenvalue weighted by molar-refractivity contribution is 0.0931. The van der Waals surface area contributed by atoms with E-state index in [1.165, 1.54) is 16.7 Å². The molecule has 3 aromatic rings. The molecule has 0 spiro atoms. The van der Waals surface area contributed by atoms with Gasteiger partial charge in [0, 0.05) is 18.4 Å². The van der Waals surface area contributed by atoms with Crippen LogP contribution in [0, 0.1) is 20.8 Å². The molecule has 130 valence electrons.